The molecule has 2 unspecified atom stereocenters. The predicted molar refractivity (Wildman–Crippen MR) is 60.6 cm³/mol. The third kappa shape index (κ3) is 2.25. The van der Waals surface area contributed by atoms with Gasteiger partial charge in [-0.05, 0) is 25.2 Å². The van der Waals surface area contributed by atoms with Gasteiger partial charge >= 0.3 is 0 Å². The Labute approximate surface area is 96.0 Å². The van der Waals surface area contributed by atoms with Crippen molar-refractivity contribution in [3.8, 4) is 0 Å². The van der Waals surface area contributed by atoms with E-state index in [0.29, 0.717) is 19.1 Å². The van der Waals surface area contributed by atoms with Gasteiger partial charge in [-0.2, -0.15) is 5.10 Å². The summed E-state index contributed by atoms with van der Waals surface area (Å²) in [6.45, 7) is 3.35. The topological polar surface area (TPSA) is 66.0 Å². The Bertz CT molecular complexity index is 352. The van der Waals surface area contributed by atoms with Gasteiger partial charge in [-0.1, -0.05) is 6.92 Å². The first-order chi connectivity index (χ1) is 7.65. The molecule has 1 aliphatic rings. The monoisotopic (exact) mass is 224 g/mol. The molecule has 1 saturated carbocycles. The van der Waals surface area contributed by atoms with Crippen LogP contribution in [0.4, 0.5) is 0 Å². The summed E-state index contributed by atoms with van der Waals surface area (Å²) in [5.41, 5.74) is 5.71. The van der Waals surface area contributed by atoms with Crippen molar-refractivity contribution >= 4 is 0 Å². The number of hydrogen-bond donors (Lipinski definition) is 1. The van der Waals surface area contributed by atoms with Gasteiger partial charge in [-0.15, -0.1) is 0 Å². The summed E-state index contributed by atoms with van der Waals surface area (Å²) in [5, 5.41) is 4.02. The molecule has 5 nitrogen and oxygen atoms in total. The van der Waals surface area contributed by atoms with Crippen molar-refractivity contribution in [1.29, 1.82) is 0 Å². The third-order valence-electron chi connectivity index (χ3n) is 3.50. The minimum absolute atomic E-state index is 0.134. The molecular weight excluding hydrogens is 204 g/mol. The first-order valence-corrected chi connectivity index (χ1v) is 5.82. The van der Waals surface area contributed by atoms with E-state index in [0.717, 1.165) is 18.7 Å². The number of nitrogens with zero attached hydrogens (tertiary/aromatic N) is 3. The molecule has 2 N–H and O–H groups in total. The summed E-state index contributed by atoms with van der Waals surface area (Å²) in [6, 6.07) is 0. The van der Waals surface area contributed by atoms with Crippen LogP contribution in [0, 0.1) is 5.92 Å². The summed E-state index contributed by atoms with van der Waals surface area (Å²) >= 11 is 0. The van der Waals surface area contributed by atoms with Gasteiger partial charge in [-0.3, -0.25) is 4.68 Å². The minimum atomic E-state index is -0.134. The van der Waals surface area contributed by atoms with Crippen molar-refractivity contribution < 1.29 is 4.74 Å². The first-order valence-electron chi connectivity index (χ1n) is 5.82. The van der Waals surface area contributed by atoms with E-state index < -0.39 is 0 Å². The van der Waals surface area contributed by atoms with E-state index in [1.807, 2.05) is 7.05 Å². The molecule has 90 valence electrons. The van der Waals surface area contributed by atoms with Gasteiger partial charge in [-0.25, -0.2) is 4.98 Å². The lowest BCUT2D eigenvalue weighted by molar-refractivity contribution is -0.0507. The van der Waals surface area contributed by atoms with Crippen LogP contribution in [0.25, 0.3) is 0 Å². The Hall–Kier alpha value is -0.940. The highest BCUT2D eigenvalue weighted by Gasteiger charge is 2.37. The molecular formula is C11H20N4O. The van der Waals surface area contributed by atoms with Gasteiger partial charge in [0.25, 0.3) is 0 Å². The van der Waals surface area contributed by atoms with Gasteiger partial charge in [0.05, 0.1) is 5.60 Å². The number of aryl methyl sites for hydroxylation is 1. The van der Waals surface area contributed by atoms with E-state index >= 15 is 0 Å². The van der Waals surface area contributed by atoms with E-state index in [4.69, 9.17) is 10.5 Å². The zero-order valence-electron chi connectivity index (χ0n) is 10.0. The largest absolute Gasteiger partial charge is 0.366 e. The molecule has 0 amide bonds. The second-order valence-electron chi connectivity index (χ2n) is 4.82. The van der Waals surface area contributed by atoms with Gasteiger partial charge in [0.1, 0.15) is 12.9 Å². The molecule has 0 aliphatic heterocycles. The van der Waals surface area contributed by atoms with Crippen molar-refractivity contribution in [2.75, 3.05) is 6.54 Å². The van der Waals surface area contributed by atoms with Crippen LogP contribution in [-0.2, 0) is 18.4 Å². The van der Waals surface area contributed by atoms with Crippen LogP contribution in [-0.4, -0.2) is 26.9 Å². The summed E-state index contributed by atoms with van der Waals surface area (Å²) < 4.78 is 7.73. The molecule has 2 rings (SSSR count). The molecule has 1 aliphatic carbocycles. The molecule has 1 heterocycles. The normalized spacial score (nSPS) is 29.8. The van der Waals surface area contributed by atoms with Gasteiger partial charge < -0.3 is 10.5 Å². The Morgan fingerprint density at radius 1 is 1.69 bits per heavy atom. The summed E-state index contributed by atoms with van der Waals surface area (Å²) in [5.74, 6) is 1.57. The maximum Gasteiger partial charge on any atom is 0.152 e. The highest BCUT2D eigenvalue weighted by atomic mass is 16.5. The molecule has 0 radical (unpaired) electrons. The molecule has 0 spiro atoms. The molecule has 2 atom stereocenters. The fraction of sp³-hybridized carbons (Fsp3) is 0.818. The van der Waals surface area contributed by atoms with Crippen LogP contribution >= 0.6 is 0 Å². The van der Waals surface area contributed by atoms with E-state index in [1.54, 1.807) is 11.0 Å². The molecule has 1 aromatic heterocycles. The molecule has 16 heavy (non-hydrogen) atoms. The average Bonchev–Trinajstić information content (AvgIpc) is 2.83. The van der Waals surface area contributed by atoms with Crippen LogP contribution in [0.15, 0.2) is 6.33 Å². The number of hydrogen-bond acceptors (Lipinski definition) is 4. The van der Waals surface area contributed by atoms with E-state index in [9.17, 15) is 0 Å². The second-order valence-corrected chi connectivity index (χ2v) is 4.82. The molecule has 1 aromatic rings. The molecule has 0 saturated heterocycles. The van der Waals surface area contributed by atoms with Crippen molar-refractivity contribution in [3.05, 3.63) is 12.2 Å². The van der Waals surface area contributed by atoms with Crippen molar-refractivity contribution in [1.82, 2.24) is 14.8 Å². The van der Waals surface area contributed by atoms with Crippen LogP contribution < -0.4 is 5.73 Å². The SMILES string of the molecule is CC1CCC(CN)(OCc2ncnn2C)C1. The summed E-state index contributed by atoms with van der Waals surface area (Å²) in [6.07, 6.45) is 4.87. The number of ether oxygens (including phenoxy) is 1. The van der Waals surface area contributed by atoms with Gasteiger partial charge in [0, 0.05) is 13.6 Å². The van der Waals surface area contributed by atoms with Crippen LogP contribution in [0.2, 0.25) is 0 Å². The standard InChI is InChI=1S/C11H20N4O/c1-9-3-4-11(5-9,7-12)16-6-10-13-8-14-15(10)2/h8-9H,3-7,12H2,1-2H3. The molecule has 5 heteroatoms. The zero-order valence-corrected chi connectivity index (χ0v) is 10.0. The summed E-state index contributed by atoms with van der Waals surface area (Å²) in [4.78, 5) is 4.15. The number of rotatable bonds is 4. The second kappa shape index (κ2) is 4.51. The molecule has 0 bridgehead atoms. The molecule has 1 fully saturated rings. The average molecular weight is 224 g/mol. The summed E-state index contributed by atoms with van der Waals surface area (Å²) in [7, 11) is 1.87. The fourth-order valence-corrected chi connectivity index (χ4v) is 2.39. The van der Waals surface area contributed by atoms with E-state index in [1.165, 1.54) is 6.42 Å². The Kier molecular flexibility index (Phi) is 3.25. The quantitative estimate of drug-likeness (QED) is 0.823. The Morgan fingerprint density at radius 3 is 3.00 bits per heavy atom. The van der Waals surface area contributed by atoms with E-state index in [-0.39, 0.29) is 5.60 Å². The van der Waals surface area contributed by atoms with Crippen molar-refractivity contribution in [2.24, 2.45) is 18.7 Å². The lowest BCUT2D eigenvalue weighted by Crippen LogP contribution is -2.38. The number of aromatic nitrogens is 3. The Balaban J connectivity index is 1.96. The maximum atomic E-state index is 5.99. The van der Waals surface area contributed by atoms with Crippen molar-refractivity contribution in [3.63, 3.8) is 0 Å². The van der Waals surface area contributed by atoms with Crippen LogP contribution in [0.1, 0.15) is 32.0 Å². The lowest BCUT2D eigenvalue weighted by atomic mass is 10.0. The minimum Gasteiger partial charge on any atom is -0.366 e. The Morgan fingerprint density at radius 2 is 2.50 bits per heavy atom. The lowest BCUT2D eigenvalue weighted by Gasteiger charge is -2.27. The highest BCUT2D eigenvalue weighted by molar-refractivity contribution is 4.92. The fourth-order valence-electron chi connectivity index (χ4n) is 2.39. The van der Waals surface area contributed by atoms with Gasteiger partial charge in [0.2, 0.25) is 0 Å². The van der Waals surface area contributed by atoms with Gasteiger partial charge in [0.15, 0.2) is 5.82 Å². The van der Waals surface area contributed by atoms with Crippen molar-refractivity contribution in [2.45, 2.75) is 38.4 Å². The highest BCUT2D eigenvalue weighted by Crippen LogP contribution is 2.36. The first kappa shape index (κ1) is 11.5. The predicted octanol–water partition coefficient (Wildman–Crippen LogP) is 0.849. The van der Waals surface area contributed by atoms with E-state index in [2.05, 4.69) is 17.0 Å². The zero-order chi connectivity index (χ0) is 11.6. The maximum absolute atomic E-state index is 5.99. The third-order valence-corrected chi connectivity index (χ3v) is 3.50. The molecule has 0 aromatic carbocycles. The smallest absolute Gasteiger partial charge is 0.152 e. The number of nitrogens with two attached hydrogens (primary N) is 1. The van der Waals surface area contributed by atoms with Crippen LogP contribution in [0.5, 0.6) is 0 Å². The van der Waals surface area contributed by atoms with Crippen LogP contribution in [0.3, 0.4) is 0 Å².